The van der Waals surface area contributed by atoms with Crippen molar-refractivity contribution in [1.82, 2.24) is 0 Å². The number of hydrogen-bond donors (Lipinski definition) is 2. The van der Waals surface area contributed by atoms with Crippen LogP contribution in [0.5, 0.6) is 0 Å². The molecule has 20 heavy (non-hydrogen) atoms. The topological polar surface area (TPSA) is 78.9 Å². The third kappa shape index (κ3) is 2.11. The van der Waals surface area contributed by atoms with Crippen molar-refractivity contribution in [2.24, 2.45) is 16.3 Å². The van der Waals surface area contributed by atoms with Crippen molar-refractivity contribution in [1.29, 1.82) is 0 Å². The number of carbonyl (C=O) groups is 1. The van der Waals surface area contributed by atoms with Gasteiger partial charge in [0.1, 0.15) is 11.2 Å². The minimum Gasteiger partial charge on any atom is -0.409 e. The van der Waals surface area contributed by atoms with E-state index in [1.54, 1.807) is 19.9 Å². The van der Waals surface area contributed by atoms with E-state index in [4.69, 9.17) is 10.9 Å². The standard InChI is InChI=1S/C14H18FN3O2/c1-3-14(2,12(16)17-20)13(19)18-7-6-9-4-5-10(15)8-11(9)18/h4-5,8,20H,3,6-7H2,1-2H3,(H2,16,17). The quantitative estimate of drug-likeness (QED) is 0.384. The molecule has 0 fully saturated rings. The van der Waals surface area contributed by atoms with Crippen LogP contribution in [0.2, 0.25) is 0 Å². The zero-order chi connectivity index (χ0) is 14.9. The number of nitrogens with two attached hydrogens (primary N) is 1. The van der Waals surface area contributed by atoms with Gasteiger partial charge in [0, 0.05) is 12.2 Å². The number of rotatable bonds is 3. The van der Waals surface area contributed by atoms with Gasteiger partial charge in [0.15, 0.2) is 5.84 Å². The Balaban J connectivity index is 2.40. The summed E-state index contributed by atoms with van der Waals surface area (Å²) in [5, 5.41) is 11.8. The average Bonchev–Trinajstić information content (AvgIpc) is 2.87. The lowest BCUT2D eigenvalue weighted by Crippen LogP contribution is -2.49. The summed E-state index contributed by atoms with van der Waals surface area (Å²) in [6, 6.07) is 4.42. The van der Waals surface area contributed by atoms with E-state index < -0.39 is 5.41 Å². The molecule has 6 heteroatoms. The van der Waals surface area contributed by atoms with Crippen molar-refractivity contribution in [2.45, 2.75) is 26.7 Å². The van der Waals surface area contributed by atoms with Crippen LogP contribution in [0.3, 0.4) is 0 Å². The lowest BCUT2D eigenvalue weighted by molar-refractivity contribution is -0.124. The minimum absolute atomic E-state index is 0.130. The summed E-state index contributed by atoms with van der Waals surface area (Å²) < 4.78 is 13.4. The van der Waals surface area contributed by atoms with E-state index in [1.165, 1.54) is 17.0 Å². The highest BCUT2D eigenvalue weighted by Gasteiger charge is 2.41. The number of oxime groups is 1. The van der Waals surface area contributed by atoms with Crippen molar-refractivity contribution >= 4 is 17.4 Å². The molecule has 1 aromatic rings. The number of anilines is 1. The van der Waals surface area contributed by atoms with Crippen LogP contribution < -0.4 is 10.6 Å². The van der Waals surface area contributed by atoms with Crippen LogP contribution in [0, 0.1) is 11.2 Å². The van der Waals surface area contributed by atoms with Crippen molar-refractivity contribution in [3.05, 3.63) is 29.6 Å². The molecule has 1 heterocycles. The van der Waals surface area contributed by atoms with Gasteiger partial charge in [-0.2, -0.15) is 0 Å². The molecule has 0 aliphatic carbocycles. The third-order valence-electron chi connectivity index (χ3n) is 4.04. The number of halogens is 1. The van der Waals surface area contributed by atoms with Crippen LogP contribution >= 0.6 is 0 Å². The monoisotopic (exact) mass is 279 g/mol. The maximum Gasteiger partial charge on any atom is 0.240 e. The smallest absolute Gasteiger partial charge is 0.240 e. The second-order valence-electron chi connectivity index (χ2n) is 5.15. The third-order valence-corrected chi connectivity index (χ3v) is 4.04. The molecule has 1 unspecified atom stereocenters. The Labute approximate surface area is 116 Å². The molecule has 3 N–H and O–H groups in total. The molecular formula is C14H18FN3O2. The van der Waals surface area contributed by atoms with Gasteiger partial charge in [-0.05, 0) is 37.5 Å². The Hall–Kier alpha value is -2.11. The van der Waals surface area contributed by atoms with Gasteiger partial charge in [-0.15, -0.1) is 0 Å². The SMILES string of the molecule is CCC(C)(C(=O)N1CCc2ccc(F)cc21)/C(N)=N/O. The minimum atomic E-state index is -1.09. The fourth-order valence-electron chi connectivity index (χ4n) is 2.41. The number of amidine groups is 1. The zero-order valence-electron chi connectivity index (χ0n) is 11.6. The van der Waals surface area contributed by atoms with Gasteiger partial charge in [0.2, 0.25) is 5.91 Å². The van der Waals surface area contributed by atoms with Gasteiger partial charge >= 0.3 is 0 Å². The number of hydrogen-bond acceptors (Lipinski definition) is 3. The van der Waals surface area contributed by atoms with E-state index in [0.29, 0.717) is 25.1 Å². The van der Waals surface area contributed by atoms with Gasteiger partial charge in [-0.25, -0.2) is 4.39 Å². The number of benzene rings is 1. The summed E-state index contributed by atoms with van der Waals surface area (Å²) in [6.07, 6.45) is 1.07. The van der Waals surface area contributed by atoms with Crippen LogP contribution in [0.4, 0.5) is 10.1 Å². The number of fused-ring (bicyclic) bond motifs is 1. The molecule has 1 aromatic carbocycles. The molecule has 0 saturated heterocycles. The largest absolute Gasteiger partial charge is 0.409 e. The maximum atomic E-state index is 13.4. The van der Waals surface area contributed by atoms with Crippen LogP contribution in [0.1, 0.15) is 25.8 Å². The summed E-state index contributed by atoms with van der Waals surface area (Å²) in [4.78, 5) is 14.2. The van der Waals surface area contributed by atoms with Gasteiger partial charge in [0.05, 0.1) is 0 Å². The Morgan fingerprint density at radius 2 is 2.30 bits per heavy atom. The van der Waals surface area contributed by atoms with Gasteiger partial charge < -0.3 is 15.8 Å². The van der Waals surface area contributed by atoms with Gasteiger partial charge in [-0.3, -0.25) is 4.79 Å². The fourth-order valence-corrected chi connectivity index (χ4v) is 2.41. The van der Waals surface area contributed by atoms with E-state index in [0.717, 1.165) is 5.56 Å². The van der Waals surface area contributed by atoms with Crippen molar-refractivity contribution < 1.29 is 14.4 Å². The summed E-state index contributed by atoms with van der Waals surface area (Å²) in [5.41, 5.74) is 6.06. The summed E-state index contributed by atoms with van der Waals surface area (Å²) >= 11 is 0. The van der Waals surface area contributed by atoms with Crippen molar-refractivity contribution in [2.75, 3.05) is 11.4 Å². The summed E-state index contributed by atoms with van der Waals surface area (Å²) in [6.45, 7) is 3.89. The molecule has 108 valence electrons. The molecule has 2 rings (SSSR count). The van der Waals surface area contributed by atoms with E-state index in [1.807, 2.05) is 0 Å². The average molecular weight is 279 g/mol. The van der Waals surface area contributed by atoms with Crippen molar-refractivity contribution in [3.63, 3.8) is 0 Å². The second kappa shape index (κ2) is 5.11. The molecule has 0 aromatic heterocycles. The van der Waals surface area contributed by atoms with Crippen LogP contribution in [0.15, 0.2) is 23.4 Å². The number of nitrogens with zero attached hydrogens (tertiary/aromatic N) is 2. The summed E-state index contributed by atoms with van der Waals surface area (Å²) in [7, 11) is 0. The lowest BCUT2D eigenvalue weighted by Gasteiger charge is -2.30. The Kier molecular flexibility index (Phi) is 3.65. The fraction of sp³-hybridized carbons (Fsp3) is 0.429. The highest BCUT2D eigenvalue weighted by Crippen LogP contribution is 2.34. The Morgan fingerprint density at radius 1 is 1.60 bits per heavy atom. The molecule has 1 amide bonds. The predicted molar refractivity (Wildman–Crippen MR) is 74.3 cm³/mol. The number of carbonyl (C=O) groups excluding carboxylic acids is 1. The molecule has 0 bridgehead atoms. The van der Waals surface area contributed by atoms with E-state index >= 15 is 0 Å². The van der Waals surface area contributed by atoms with Crippen LogP contribution in [0.25, 0.3) is 0 Å². The molecule has 1 atom stereocenters. The summed E-state index contributed by atoms with van der Waals surface area (Å²) in [5.74, 6) is -0.792. The normalized spacial score (nSPS) is 17.8. The Morgan fingerprint density at radius 3 is 2.90 bits per heavy atom. The van der Waals surface area contributed by atoms with Crippen molar-refractivity contribution in [3.8, 4) is 0 Å². The first kappa shape index (κ1) is 14.3. The van der Waals surface area contributed by atoms with Crippen LogP contribution in [-0.4, -0.2) is 23.5 Å². The highest BCUT2D eigenvalue weighted by molar-refractivity contribution is 6.13. The molecule has 5 nitrogen and oxygen atoms in total. The molecule has 0 spiro atoms. The first-order chi connectivity index (χ1) is 9.43. The molecule has 0 radical (unpaired) electrons. The van der Waals surface area contributed by atoms with E-state index in [9.17, 15) is 9.18 Å². The second-order valence-corrected chi connectivity index (χ2v) is 5.15. The van der Waals surface area contributed by atoms with E-state index in [-0.39, 0.29) is 17.6 Å². The molecule has 1 aliphatic heterocycles. The van der Waals surface area contributed by atoms with Gasteiger partial charge in [0.25, 0.3) is 0 Å². The first-order valence-electron chi connectivity index (χ1n) is 6.52. The Bertz CT molecular complexity index is 574. The predicted octanol–water partition coefficient (Wildman–Crippen LogP) is 1.88. The molecule has 1 aliphatic rings. The maximum absolute atomic E-state index is 13.4. The highest BCUT2D eigenvalue weighted by atomic mass is 19.1. The van der Waals surface area contributed by atoms with E-state index in [2.05, 4.69) is 5.16 Å². The molecular weight excluding hydrogens is 261 g/mol. The lowest BCUT2D eigenvalue weighted by atomic mass is 9.84. The first-order valence-corrected chi connectivity index (χ1v) is 6.52. The van der Waals surface area contributed by atoms with Crippen LogP contribution in [-0.2, 0) is 11.2 Å². The molecule has 0 saturated carbocycles. The number of amides is 1. The zero-order valence-corrected chi connectivity index (χ0v) is 11.6. The van der Waals surface area contributed by atoms with Gasteiger partial charge in [-0.1, -0.05) is 18.1 Å².